The van der Waals surface area contributed by atoms with Gasteiger partial charge in [0.15, 0.2) is 0 Å². The second-order valence-corrected chi connectivity index (χ2v) is 4.33. The number of halogens is 1. The topological polar surface area (TPSA) is 98.3 Å². The van der Waals surface area contributed by atoms with Gasteiger partial charge in [0.1, 0.15) is 5.56 Å². The predicted octanol–water partition coefficient (Wildman–Crippen LogP) is 1.08. The minimum Gasteiger partial charge on any atom is -0.347 e. The average Bonchev–Trinajstić information content (AvgIpc) is 2.93. The summed E-state index contributed by atoms with van der Waals surface area (Å²) in [6.45, 7) is 0. The summed E-state index contributed by atoms with van der Waals surface area (Å²) >= 11 is 5.65. The SMILES string of the molecule is NC1CC1NC(=O)c1ccc(Cl)cc1[N+](=O)[O-]. The zero-order chi connectivity index (χ0) is 12.6. The molecule has 1 aromatic rings. The first-order valence-corrected chi connectivity index (χ1v) is 5.37. The van der Waals surface area contributed by atoms with Gasteiger partial charge in [-0.1, -0.05) is 11.6 Å². The minimum atomic E-state index is -0.631. The van der Waals surface area contributed by atoms with Gasteiger partial charge in [0.05, 0.1) is 4.92 Å². The molecule has 0 spiro atoms. The molecule has 2 unspecified atom stereocenters. The maximum Gasteiger partial charge on any atom is 0.283 e. The summed E-state index contributed by atoms with van der Waals surface area (Å²) in [5.74, 6) is -0.494. The summed E-state index contributed by atoms with van der Waals surface area (Å²) in [7, 11) is 0. The third-order valence-electron chi connectivity index (χ3n) is 2.56. The van der Waals surface area contributed by atoms with Crippen LogP contribution in [0, 0.1) is 10.1 Å². The van der Waals surface area contributed by atoms with Crippen molar-refractivity contribution in [2.75, 3.05) is 0 Å². The predicted molar refractivity (Wildman–Crippen MR) is 62.0 cm³/mol. The fraction of sp³-hybridized carbons (Fsp3) is 0.300. The molecular formula is C10H10ClN3O3. The second kappa shape index (κ2) is 4.31. The van der Waals surface area contributed by atoms with E-state index in [-0.39, 0.29) is 28.4 Å². The molecule has 6 nitrogen and oxygen atoms in total. The molecule has 1 fully saturated rings. The number of hydrogen-bond acceptors (Lipinski definition) is 4. The zero-order valence-corrected chi connectivity index (χ0v) is 9.48. The molecule has 0 saturated heterocycles. The van der Waals surface area contributed by atoms with Crippen LogP contribution in [0.4, 0.5) is 5.69 Å². The van der Waals surface area contributed by atoms with Crippen LogP contribution in [0.1, 0.15) is 16.8 Å². The van der Waals surface area contributed by atoms with Crippen LogP contribution in [0.2, 0.25) is 5.02 Å². The van der Waals surface area contributed by atoms with Gasteiger partial charge >= 0.3 is 0 Å². The van der Waals surface area contributed by atoms with E-state index in [1.165, 1.54) is 12.1 Å². The highest BCUT2D eigenvalue weighted by atomic mass is 35.5. The Labute approximate surface area is 102 Å². The molecule has 3 N–H and O–H groups in total. The number of nitrogens with two attached hydrogens (primary N) is 1. The number of carbonyl (C=O) groups excluding carboxylic acids is 1. The summed E-state index contributed by atoms with van der Waals surface area (Å²) in [6, 6.07) is 3.80. The molecule has 0 aromatic heterocycles. The van der Waals surface area contributed by atoms with E-state index in [2.05, 4.69) is 5.32 Å². The van der Waals surface area contributed by atoms with Crippen molar-refractivity contribution in [2.45, 2.75) is 18.5 Å². The van der Waals surface area contributed by atoms with Gasteiger partial charge in [-0.3, -0.25) is 14.9 Å². The van der Waals surface area contributed by atoms with Gasteiger partial charge in [0, 0.05) is 23.2 Å². The molecule has 1 amide bonds. The molecule has 1 aliphatic carbocycles. The van der Waals surface area contributed by atoms with Crippen LogP contribution < -0.4 is 11.1 Å². The molecule has 0 radical (unpaired) electrons. The average molecular weight is 256 g/mol. The minimum absolute atomic E-state index is 0.00139. The Morgan fingerprint density at radius 1 is 1.59 bits per heavy atom. The van der Waals surface area contributed by atoms with Gasteiger partial charge in [-0.25, -0.2) is 0 Å². The highest BCUT2D eigenvalue weighted by Gasteiger charge is 2.36. The molecular weight excluding hydrogens is 246 g/mol. The third-order valence-corrected chi connectivity index (χ3v) is 2.79. The maximum atomic E-state index is 11.8. The first-order chi connectivity index (χ1) is 7.99. The van der Waals surface area contributed by atoms with E-state index in [0.29, 0.717) is 6.42 Å². The van der Waals surface area contributed by atoms with Crippen molar-refractivity contribution in [3.05, 3.63) is 38.9 Å². The second-order valence-electron chi connectivity index (χ2n) is 3.90. The first-order valence-electron chi connectivity index (χ1n) is 4.99. The van der Waals surface area contributed by atoms with Gasteiger partial charge < -0.3 is 11.1 Å². The van der Waals surface area contributed by atoms with E-state index < -0.39 is 10.8 Å². The normalized spacial score (nSPS) is 22.0. The van der Waals surface area contributed by atoms with Crippen molar-refractivity contribution >= 4 is 23.2 Å². The Morgan fingerprint density at radius 3 is 2.76 bits per heavy atom. The lowest BCUT2D eigenvalue weighted by molar-refractivity contribution is -0.385. The number of nitro benzene ring substituents is 1. The van der Waals surface area contributed by atoms with Crippen LogP contribution in [0.5, 0.6) is 0 Å². The Kier molecular flexibility index (Phi) is 2.99. The van der Waals surface area contributed by atoms with E-state index >= 15 is 0 Å². The Balaban J connectivity index is 2.24. The van der Waals surface area contributed by atoms with Crippen molar-refractivity contribution in [1.82, 2.24) is 5.32 Å². The van der Waals surface area contributed by atoms with Gasteiger partial charge in [-0.05, 0) is 18.6 Å². The van der Waals surface area contributed by atoms with Crippen LogP contribution in [-0.2, 0) is 0 Å². The number of nitrogens with zero attached hydrogens (tertiary/aromatic N) is 1. The fourth-order valence-corrected chi connectivity index (χ4v) is 1.64. The quantitative estimate of drug-likeness (QED) is 0.624. The summed E-state index contributed by atoms with van der Waals surface area (Å²) in [4.78, 5) is 21.9. The first kappa shape index (κ1) is 11.8. The molecule has 7 heteroatoms. The number of carbonyl (C=O) groups is 1. The molecule has 1 aromatic carbocycles. The highest BCUT2D eigenvalue weighted by Crippen LogP contribution is 2.25. The summed E-state index contributed by atoms with van der Waals surface area (Å²) in [5.41, 5.74) is 5.24. The largest absolute Gasteiger partial charge is 0.347 e. The van der Waals surface area contributed by atoms with Crippen molar-refractivity contribution in [3.8, 4) is 0 Å². The van der Waals surface area contributed by atoms with Gasteiger partial charge in [0.25, 0.3) is 11.6 Å². The lowest BCUT2D eigenvalue weighted by atomic mass is 10.1. The number of nitrogens with one attached hydrogen (secondary N) is 1. The number of hydrogen-bond donors (Lipinski definition) is 2. The Morgan fingerprint density at radius 2 is 2.24 bits per heavy atom. The molecule has 1 saturated carbocycles. The van der Waals surface area contributed by atoms with Gasteiger partial charge in [0.2, 0.25) is 0 Å². The van der Waals surface area contributed by atoms with E-state index in [0.717, 1.165) is 6.07 Å². The fourth-order valence-electron chi connectivity index (χ4n) is 1.47. The van der Waals surface area contributed by atoms with Crippen LogP contribution in [-0.4, -0.2) is 22.9 Å². The molecule has 2 atom stereocenters. The number of nitro groups is 1. The molecule has 0 heterocycles. The smallest absolute Gasteiger partial charge is 0.283 e. The van der Waals surface area contributed by atoms with E-state index in [4.69, 9.17) is 17.3 Å². The maximum absolute atomic E-state index is 11.8. The molecule has 17 heavy (non-hydrogen) atoms. The number of rotatable bonds is 3. The lowest BCUT2D eigenvalue weighted by Gasteiger charge is -2.04. The molecule has 1 aliphatic rings. The van der Waals surface area contributed by atoms with E-state index in [1.807, 2.05) is 0 Å². The number of amides is 1. The lowest BCUT2D eigenvalue weighted by Crippen LogP contribution is -2.30. The summed E-state index contributed by atoms with van der Waals surface area (Å²) < 4.78 is 0. The molecule has 0 bridgehead atoms. The van der Waals surface area contributed by atoms with Crippen LogP contribution in [0.25, 0.3) is 0 Å². The standard InChI is InChI=1S/C10H10ClN3O3/c11-5-1-2-6(9(3-5)14(16)17)10(15)13-8-4-7(8)12/h1-3,7-8H,4,12H2,(H,13,15). The van der Waals surface area contributed by atoms with Crippen LogP contribution >= 0.6 is 11.6 Å². The summed E-state index contributed by atoms with van der Waals surface area (Å²) in [6.07, 6.45) is 0.702. The van der Waals surface area contributed by atoms with Crippen molar-refractivity contribution in [1.29, 1.82) is 0 Å². The molecule has 90 valence electrons. The summed E-state index contributed by atoms with van der Waals surface area (Å²) in [5, 5.41) is 13.6. The van der Waals surface area contributed by atoms with Crippen LogP contribution in [0.15, 0.2) is 18.2 Å². The van der Waals surface area contributed by atoms with Crippen molar-refractivity contribution in [2.24, 2.45) is 5.73 Å². The Hall–Kier alpha value is -1.66. The highest BCUT2D eigenvalue weighted by molar-refractivity contribution is 6.31. The monoisotopic (exact) mass is 255 g/mol. The third kappa shape index (κ3) is 2.54. The van der Waals surface area contributed by atoms with Gasteiger partial charge in [-0.15, -0.1) is 0 Å². The van der Waals surface area contributed by atoms with E-state index in [1.54, 1.807) is 0 Å². The van der Waals surface area contributed by atoms with Gasteiger partial charge in [-0.2, -0.15) is 0 Å². The van der Waals surface area contributed by atoms with Crippen LogP contribution in [0.3, 0.4) is 0 Å². The van der Waals surface area contributed by atoms with E-state index in [9.17, 15) is 14.9 Å². The van der Waals surface area contributed by atoms with Crippen molar-refractivity contribution < 1.29 is 9.72 Å². The zero-order valence-electron chi connectivity index (χ0n) is 8.72. The Bertz CT molecular complexity index is 492. The molecule has 0 aliphatic heterocycles. The molecule has 2 rings (SSSR count). The van der Waals surface area contributed by atoms with Crippen molar-refractivity contribution in [3.63, 3.8) is 0 Å². The number of benzene rings is 1.